The molecule has 0 fully saturated rings. The van der Waals surface area contributed by atoms with Crippen molar-refractivity contribution in [2.24, 2.45) is 5.92 Å². The fraction of sp³-hybridized carbons (Fsp3) is 0.778. The van der Waals surface area contributed by atoms with Crippen LogP contribution in [0.4, 0.5) is 22.0 Å². The summed E-state index contributed by atoms with van der Waals surface area (Å²) >= 11 is 0. The Morgan fingerprint density at radius 3 is 2.11 bits per heavy atom. The van der Waals surface area contributed by atoms with Crippen molar-refractivity contribution in [2.75, 3.05) is 6.54 Å². The Morgan fingerprint density at radius 2 is 1.72 bits per heavy atom. The van der Waals surface area contributed by atoms with Crippen LogP contribution in [-0.2, 0) is 9.59 Å². The minimum atomic E-state index is -5.94. The number of amides is 1. The Balaban J connectivity index is 4.10. The van der Waals surface area contributed by atoms with Gasteiger partial charge in [-0.05, 0) is 12.8 Å². The standard InChI is InChI=1S/C9H12F5NO3/c1-5(6(16)17)3-2-4-15-7(18)8(10,11)9(12,13)14/h5H,2-4H2,1H3,(H,15,18)(H,16,17). The van der Waals surface area contributed by atoms with Crippen LogP contribution in [0.25, 0.3) is 0 Å². The molecule has 0 aliphatic carbocycles. The first-order valence-electron chi connectivity index (χ1n) is 4.95. The average molecular weight is 277 g/mol. The van der Waals surface area contributed by atoms with Crippen LogP contribution in [0.2, 0.25) is 0 Å². The van der Waals surface area contributed by atoms with Crippen molar-refractivity contribution in [3.05, 3.63) is 0 Å². The SMILES string of the molecule is CC(CCCNC(=O)C(F)(F)C(F)(F)F)C(=O)O. The van der Waals surface area contributed by atoms with E-state index in [1.54, 1.807) is 0 Å². The molecular formula is C9H12F5NO3. The zero-order chi connectivity index (χ0) is 14.6. The molecule has 0 bridgehead atoms. The van der Waals surface area contributed by atoms with E-state index in [1.165, 1.54) is 12.2 Å². The van der Waals surface area contributed by atoms with Crippen LogP contribution in [0.3, 0.4) is 0 Å². The highest BCUT2D eigenvalue weighted by Gasteiger charge is 2.63. The third-order valence-corrected chi connectivity index (χ3v) is 2.16. The summed E-state index contributed by atoms with van der Waals surface area (Å²) in [5, 5.41) is 9.89. The fourth-order valence-corrected chi connectivity index (χ4v) is 0.973. The summed E-state index contributed by atoms with van der Waals surface area (Å²) < 4.78 is 60.0. The van der Waals surface area contributed by atoms with Gasteiger partial charge in [0, 0.05) is 6.54 Å². The normalized spacial score (nSPS) is 14.1. The van der Waals surface area contributed by atoms with E-state index in [9.17, 15) is 31.5 Å². The van der Waals surface area contributed by atoms with Crippen LogP contribution in [0, 0.1) is 5.92 Å². The Hall–Kier alpha value is -1.41. The lowest BCUT2D eigenvalue weighted by atomic mass is 10.1. The third-order valence-electron chi connectivity index (χ3n) is 2.16. The molecule has 9 heteroatoms. The molecule has 0 heterocycles. The molecule has 1 atom stereocenters. The Labute approximate surface area is 99.2 Å². The van der Waals surface area contributed by atoms with Crippen molar-refractivity contribution in [2.45, 2.75) is 31.9 Å². The summed E-state index contributed by atoms with van der Waals surface area (Å²) in [7, 11) is 0. The lowest BCUT2D eigenvalue weighted by molar-refractivity contribution is -0.269. The van der Waals surface area contributed by atoms with Crippen LogP contribution < -0.4 is 5.32 Å². The highest BCUT2D eigenvalue weighted by molar-refractivity contribution is 5.84. The number of aliphatic carboxylic acids is 1. The van der Waals surface area contributed by atoms with Gasteiger partial charge in [-0.3, -0.25) is 9.59 Å². The van der Waals surface area contributed by atoms with E-state index in [4.69, 9.17) is 5.11 Å². The van der Waals surface area contributed by atoms with E-state index in [0.717, 1.165) is 0 Å². The average Bonchev–Trinajstić information content (AvgIpc) is 2.21. The summed E-state index contributed by atoms with van der Waals surface area (Å²) in [6, 6.07) is 0. The number of carbonyl (C=O) groups excluding carboxylic acids is 1. The number of carbonyl (C=O) groups is 2. The lowest BCUT2D eigenvalue weighted by Crippen LogP contribution is -2.50. The molecule has 0 aromatic heterocycles. The highest BCUT2D eigenvalue weighted by atomic mass is 19.4. The first-order valence-corrected chi connectivity index (χ1v) is 4.95. The lowest BCUT2D eigenvalue weighted by Gasteiger charge is -2.18. The molecule has 0 radical (unpaired) electrons. The number of rotatable bonds is 6. The van der Waals surface area contributed by atoms with Crippen molar-refractivity contribution in [3.8, 4) is 0 Å². The Kier molecular flexibility index (Phi) is 5.50. The van der Waals surface area contributed by atoms with Crippen LogP contribution in [0.15, 0.2) is 0 Å². The predicted molar refractivity (Wildman–Crippen MR) is 50.0 cm³/mol. The van der Waals surface area contributed by atoms with E-state index >= 15 is 0 Å². The minimum absolute atomic E-state index is 0.00680. The largest absolute Gasteiger partial charge is 0.481 e. The van der Waals surface area contributed by atoms with Gasteiger partial charge in [0.1, 0.15) is 0 Å². The van der Waals surface area contributed by atoms with Crippen LogP contribution >= 0.6 is 0 Å². The predicted octanol–water partition coefficient (Wildman–Crippen LogP) is 1.80. The van der Waals surface area contributed by atoms with Crippen molar-refractivity contribution in [1.82, 2.24) is 5.32 Å². The maximum Gasteiger partial charge on any atom is 0.463 e. The van der Waals surface area contributed by atoms with Crippen molar-refractivity contribution in [3.63, 3.8) is 0 Å². The number of carboxylic acid groups (broad SMARTS) is 1. The third kappa shape index (κ3) is 4.46. The summed E-state index contributed by atoms with van der Waals surface area (Å²) in [4.78, 5) is 21.0. The highest BCUT2D eigenvalue weighted by Crippen LogP contribution is 2.35. The van der Waals surface area contributed by atoms with E-state index in [-0.39, 0.29) is 12.8 Å². The molecule has 1 amide bonds. The second-order valence-electron chi connectivity index (χ2n) is 3.71. The molecule has 0 aliphatic rings. The molecule has 1 unspecified atom stereocenters. The van der Waals surface area contributed by atoms with Gasteiger partial charge in [0.15, 0.2) is 0 Å². The monoisotopic (exact) mass is 277 g/mol. The fourth-order valence-electron chi connectivity index (χ4n) is 0.973. The van der Waals surface area contributed by atoms with Crippen molar-refractivity contribution < 1.29 is 36.6 Å². The minimum Gasteiger partial charge on any atom is -0.481 e. The van der Waals surface area contributed by atoms with E-state index < -0.39 is 36.4 Å². The number of hydrogen-bond acceptors (Lipinski definition) is 2. The zero-order valence-electron chi connectivity index (χ0n) is 9.35. The molecule has 0 aromatic carbocycles. The van der Waals surface area contributed by atoms with Gasteiger partial charge in [0.2, 0.25) is 0 Å². The van der Waals surface area contributed by atoms with Crippen LogP contribution in [-0.4, -0.2) is 35.6 Å². The molecule has 0 rings (SSSR count). The first kappa shape index (κ1) is 16.6. The Bertz CT molecular complexity index is 316. The van der Waals surface area contributed by atoms with Gasteiger partial charge in [-0.1, -0.05) is 6.92 Å². The van der Waals surface area contributed by atoms with Gasteiger partial charge < -0.3 is 10.4 Å². The van der Waals surface area contributed by atoms with E-state index in [1.807, 2.05) is 0 Å². The van der Waals surface area contributed by atoms with Gasteiger partial charge in [0.25, 0.3) is 5.91 Å². The quantitative estimate of drug-likeness (QED) is 0.574. The second kappa shape index (κ2) is 5.96. The molecule has 18 heavy (non-hydrogen) atoms. The molecule has 4 nitrogen and oxygen atoms in total. The molecular weight excluding hydrogens is 265 g/mol. The van der Waals surface area contributed by atoms with Gasteiger partial charge in [0.05, 0.1) is 5.92 Å². The maximum atomic E-state index is 12.4. The smallest absolute Gasteiger partial charge is 0.463 e. The molecule has 0 aromatic rings. The maximum absolute atomic E-state index is 12.4. The van der Waals surface area contributed by atoms with Gasteiger partial charge in [-0.2, -0.15) is 22.0 Å². The van der Waals surface area contributed by atoms with E-state index in [0.29, 0.717) is 0 Å². The number of nitrogens with one attached hydrogen (secondary N) is 1. The van der Waals surface area contributed by atoms with E-state index in [2.05, 4.69) is 0 Å². The number of hydrogen-bond donors (Lipinski definition) is 2. The van der Waals surface area contributed by atoms with Crippen LogP contribution in [0.5, 0.6) is 0 Å². The number of carboxylic acids is 1. The molecule has 2 N–H and O–H groups in total. The Morgan fingerprint density at radius 1 is 1.22 bits per heavy atom. The summed E-state index contributed by atoms with van der Waals surface area (Å²) in [5.74, 6) is -9.74. The molecule has 0 spiro atoms. The first-order chi connectivity index (χ1) is 8.00. The van der Waals surface area contributed by atoms with Crippen molar-refractivity contribution >= 4 is 11.9 Å². The second-order valence-corrected chi connectivity index (χ2v) is 3.71. The topological polar surface area (TPSA) is 66.4 Å². The molecule has 106 valence electrons. The molecule has 0 saturated heterocycles. The van der Waals surface area contributed by atoms with Crippen molar-refractivity contribution in [1.29, 1.82) is 0 Å². The van der Waals surface area contributed by atoms with Gasteiger partial charge in [-0.25, -0.2) is 0 Å². The molecule has 0 aliphatic heterocycles. The number of halogens is 5. The molecule has 0 saturated carbocycles. The summed E-state index contributed by atoms with van der Waals surface area (Å²) in [6.07, 6.45) is -5.88. The van der Waals surface area contributed by atoms with Gasteiger partial charge in [-0.15, -0.1) is 0 Å². The van der Waals surface area contributed by atoms with Gasteiger partial charge >= 0.3 is 18.1 Å². The summed E-state index contributed by atoms with van der Waals surface area (Å²) in [5.41, 5.74) is 0. The zero-order valence-corrected chi connectivity index (χ0v) is 9.35. The number of alkyl halides is 5. The summed E-state index contributed by atoms with van der Waals surface area (Å²) in [6.45, 7) is 0.913. The van der Waals surface area contributed by atoms with Crippen LogP contribution in [0.1, 0.15) is 19.8 Å².